The van der Waals surface area contributed by atoms with E-state index < -0.39 is 0 Å². The van der Waals surface area contributed by atoms with Crippen molar-refractivity contribution in [3.63, 3.8) is 0 Å². The zero-order valence-corrected chi connectivity index (χ0v) is 9.67. The lowest BCUT2D eigenvalue weighted by Crippen LogP contribution is -2.20. The van der Waals surface area contributed by atoms with Crippen molar-refractivity contribution in [1.29, 1.82) is 0 Å². The van der Waals surface area contributed by atoms with E-state index in [1.165, 1.54) is 0 Å². The largest absolute Gasteiger partial charge is 0.380 e. The number of carbonyl (C=O) groups is 1. The van der Waals surface area contributed by atoms with Gasteiger partial charge < -0.3 is 9.64 Å². The third-order valence-corrected chi connectivity index (χ3v) is 1.95. The summed E-state index contributed by atoms with van der Waals surface area (Å²) in [5.74, 6) is 0.0353. The van der Waals surface area contributed by atoms with Crippen molar-refractivity contribution in [2.24, 2.45) is 0 Å². The van der Waals surface area contributed by atoms with E-state index in [1.54, 1.807) is 32.2 Å². The maximum atomic E-state index is 11.4. The lowest BCUT2D eigenvalue weighted by atomic mass is 10.1. The molecule has 0 unspecified atom stereocenters. The maximum absolute atomic E-state index is 11.4. The number of hydrogen-bond acceptors (Lipinski definition) is 2. The minimum Gasteiger partial charge on any atom is -0.380 e. The van der Waals surface area contributed by atoms with Gasteiger partial charge in [0, 0.05) is 27.3 Å². The summed E-state index contributed by atoms with van der Waals surface area (Å²) < 4.78 is 5.04. The van der Waals surface area contributed by atoms with Crippen LogP contribution in [0.2, 0.25) is 0 Å². The molecule has 14 heavy (non-hydrogen) atoms. The zero-order valence-electron chi connectivity index (χ0n) is 9.67. The first kappa shape index (κ1) is 13.2. The number of amides is 1. The fourth-order valence-corrected chi connectivity index (χ4v) is 1.08. The molecule has 0 spiro atoms. The molecule has 0 heterocycles. The Labute approximate surface area is 86.7 Å². The van der Waals surface area contributed by atoms with Gasteiger partial charge in [0.1, 0.15) is 0 Å². The van der Waals surface area contributed by atoms with Crippen molar-refractivity contribution in [1.82, 2.24) is 4.90 Å². The number of hydrogen-bond donors (Lipinski definition) is 0. The predicted molar refractivity (Wildman–Crippen MR) is 58.2 cm³/mol. The molecule has 0 aliphatic carbocycles. The third kappa shape index (κ3) is 5.75. The van der Waals surface area contributed by atoms with Crippen molar-refractivity contribution in [2.45, 2.75) is 26.2 Å². The molecule has 0 aliphatic rings. The van der Waals surface area contributed by atoms with E-state index in [0.717, 1.165) is 24.8 Å². The smallest absolute Gasteiger partial charge is 0.246 e. The van der Waals surface area contributed by atoms with Gasteiger partial charge in [-0.3, -0.25) is 4.79 Å². The number of carbonyl (C=O) groups excluding carboxylic acids is 1. The van der Waals surface area contributed by atoms with Crippen LogP contribution in [0.4, 0.5) is 0 Å². The lowest BCUT2D eigenvalue weighted by Gasteiger charge is -2.09. The molecule has 82 valence electrons. The molecule has 0 N–H and O–H groups in total. The van der Waals surface area contributed by atoms with E-state index in [0.29, 0.717) is 6.61 Å². The summed E-state index contributed by atoms with van der Waals surface area (Å²) in [5.41, 5.74) is 1.08. The average molecular weight is 199 g/mol. The van der Waals surface area contributed by atoms with Crippen LogP contribution in [0.5, 0.6) is 0 Å². The van der Waals surface area contributed by atoms with Crippen LogP contribution < -0.4 is 0 Å². The molecule has 0 rings (SSSR count). The van der Waals surface area contributed by atoms with E-state index in [1.807, 2.05) is 0 Å². The highest BCUT2D eigenvalue weighted by atomic mass is 16.5. The molecule has 0 aromatic heterocycles. The van der Waals surface area contributed by atoms with Crippen molar-refractivity contribution < 1.29 is 9.53 Å². The van der Waals surface area contributed by atoms with Crippen LogP contribution in [-0.2, 0) is 9.53 Å². The first-order chi connectivity index (χ1) is 6.61. The monoisotopic (exact) mass is 199 g/mol. The van der Waals surface area contributed by atoms with Crippen LogP contribution in [0.1, 0.15) is 26.2 Å². The number of nitrogens with zero attached hydrogens (tertiary/aromatic N) is 1. The van der Waals surface area contributed by atoms with Gasteiger partial charge in [0.25, 0.3) is 0 Å². The summed E-state index contributed by atoms with van der Waals surface area (Å²) >= 11 is 0. The number of ether oxygens (including phenoxy) is 1. The Morgan fingerprint density at radius 3 is 2.50 bits per heavy atom. The number of methoxy groups -OCH3 is 1. The molecule has 0 saturated carbocycles. The second-order valence-electron chi connectivity index (χ2n) is 3.57. The minimum atomic E-state index is 0.0353. The number of unbranched alkanes of at least 4 members (excludes halogenated alkanes) is 1. The summed E-state index contributed by atoms with van der Waals surface area (Å²) in [4.78, 5) is 13.0. The Hall–Kier alpha value is -0.830. The predicted octanol–water partition coefficient (Wildman–Crippen LogP) is 1.84. The summed E-state index contributed by atoms with van der Waals surface area (Å²) in [6, 6.07) is 0. The normalized spacial score (nSPS) is 11.6. The van der Waals surface area contributed by atoms with Gasteiger partial charge in [-0.15, -0.1) is 0 Å². The lowest BCUT2D eigenvalue weighted by molar-refractivity contribution is -0.123. The van der Waals surface area contributed by atoms with Gasteiger partial charge in [-0.1, -0.05) is 13.3 Å². The van der Waals surface area contributed by atoms with Crippen molar-refractivity contribution in [3.05, 3.63) is 11.6 Å². The Bertz CT molecular complexity index is 197. The summed E-state index contributed by atoms with van der Waals surface area (Å²) in [7, 11) is 5.16. The fourth-order valence-electron chi connectivity index (χ4n) is 1.08. The molecule has 3 nitrogen and oxygen atoms in total. The van der Waals surface area contributed by atoms with Crippen LogP contribution in [0.25, 0.3) is 0 Å². The highest BCUT2D eigenvalue weighted by Gasteiger charge is 2.03. The van der Waals surface area contributed by atoms with E-state index in [4.69, 9.17) is 4.74 Å². The molecule has 3 heteroatoms. The molecule has 1 amide bonds. The molecule has 0 bridgehead atoms. The van der Waals surface area contributed by atoms with Crippen LogP contribution in [0.3, 0.4) is 0 Å². The maximum Gasteiger partial charge on any atom is 0.246 e. The molecule has 0 radical (unpaired) electrons. The standard InChI is InChI=1S/C11H21NO2/c1-5-6-7-10(9-14-4)8-11(13)12(2)3/h8H,5-7,9H2,1-4H3. The molecule has 0 aromatic carbocycles. The van der Waals surface area contributed by atoms with E-state index in [9.17, 15) is 4.79 Å². The Morgan fingerprint density at radius 1 is 1.43 bits per heavy atom. The highest BCUT2D eigenvalue weighted by Crippen LogP contribution is 2.07. The molecular formula is C11H21NO2. The van der Waals surface area contributed by atoms with Crippen LogP contribution >= 0.6 is 0 Å². The van der Waals surface area contributed by atoms with Crippen molar-refractivity contribution in [3.8, 4) is 0 Å². The summed E-state index contributed by atoms with van der Waals surface area (Å²) in [6.45, 7) is 2.69. The van der Waals surface area contributed by atoms with Crippen LogP contribution in [0.15, 0.2) is 11.6 Å². The minimum absolute atomic E-state index is 0.0353. The van der Waals surface area contributed by atoms with E-state index in [2.05, 4.69) is 6.92 Å². The van der Waals surface area contributed by atoms with E-state index >= 15 is 0 Å². The molecule has 0 aliphatic heterocycles. The summed E-state index contributed by atoms with van der Waals surface area (Å²) in [5, 5.41) is 0. The van der Waals surface area contributed by atoms with Crippen molar-refractivity contribution >= 4 is 5.91 Å². The highest BCUT2D eigenvalue weighted by molar-refractivity contribution is 5.87. The second-order valence-corrected chi connectivity index (χ2v) is 3.57. The number of rotatable bonds is 6. The quantitative estimate of drug-likeness (QED) is 0.611. The van der Waals surface area contributed by atoms with Crippen LogP contribution in [0, 0.1) is 0 Å². The van der Waals surface area contributed by atoms with Gasteiger partial charge in [0.2, 0.25) is 5.91 Å². The van der Waals surface area contributed by atoms with Gasteiger partial charge in [-0.25, -0.2) is 0 Å². The Balaban J connectivity index is 4.23. The van der Waals surface area contributed by atoms with E-state index in [-0.39, 0.29) is 5.91 Å². The van der Waals surface area contributed by atoms with Crippen LogP contribution in [-0.4, -0.2) is 38.6 Å². The molecule has 0 aromatic rings. The number of likely N-dealkylation sites (N-methyl/N-ethyl adjacent to an activating group) is 1. The first-order valence-corrected chi connectivity index (χ1v) is 5.01. The van der Waals surface area contributed by atoms with Gasteiger partial charge in [0.05, 0.1) is 6.61 Å². The molecule has 0 atom stereocenters. The van der Waals surface area contributed by atoms with Gasteiger partial charge >= 0.3 is 0 Å². The second kappa shape index (κ2) is 7.56. The Kier molecular flexibility index (Phi) is 7.11. The molecular weight excluding hydrogens is 178 g/mol. The molecule has 0 saturated heterocycles. The summed E-state index contributed by atoms with van der Waals surface area (Å²) in [6.07, 6.45) is 4.87. The third-order valence-electron chi connectivity index (χ3n) is 1.95. The molecule has 0 fully saturated rings. The van der Waals surface area contributed by atoms with Gasteiger partial charge in [-0.05, 0) is 18.4 Å². The Morgan fingerprint density at radius 2 is 2.07 bits per heavy atom. The van der Waals surface area contributed by atoms with Crippen molar-refractivity contribution in [2.75, 3.05) is 27.8 Å². The first-order valence-electron chi connectivity index (χ1n) is 5.01. The topological polar surface area (TPSA) is 29.5 Å². The zero-order chi connectivity index (χ0) is 11.0. The SMILES string of the molecule is CCCCC(=CC(=O)N(C)C)COC. The van der Waals surface area contributed by atoms with Gasteiger partial charge in [-0.2, -0.15) is 0 Å². The van der Waals surface area contributed by atoms with Gasteiger partial charge in [0.15, 0.2) is 0 Å². The fraction of sp³-hybridized carbons (Fsp3) is 0.727. The average Bonchev–Trinajstić information content (AvgIpc) is 2.14.